The fourth-order valence-corrected chi connectivity index (χ4v) is 2.91. The Balaban J connectivity index is 1.79. The summed E-state index contributed by atoms with van der Waals surface area (Å²) in [6.07, 6.45) is 1.39. The van der Waals surface area contributed by atoms with Crippen molar-refractivity contribution in [2.45, 2.75) is 6.61 Å². The third-order valence-corrected chi connectivity index (χ3v) is 4.57. The number of carbonyl (C=O) groups excluding carboxylic acids is 2. The number of hydrogen-bond donors (Lipinski definition) is 1. The van der Waals surface area contributed by atoms with Crippen LogP contribution in [0.1, 0.15) is 26.4 Å². The summed E-state index contributed by atoms with van der Waals surface area (Å²) in [6.45, 7) is 0.187. The van der Waals surface area contributed by atoms with Gasteiger partial charge in [-0.3, -0.25) is 9.48 Å². The van der Waals surface area contributed by atoms with E-state index in [-0.39, 0.29) is 18.0 Å². The van der Waals surface area contributed by atoms with Crippen LogP contribution in [0, 0.1) is 0 Å². The summed E-state index contributed by atoms with van der Waals surface area (Å²) in [6, 6.07) is 11.9. The predicted molar refractivity (Wildman–Crippen MR) is 111 cm³/mol. The van der Waals surface area contributed by atoms with Crippen LogP contribution < -0.4 is 14.8 Å². The molecule has 8 nitrogen and oxygen atoms in total. The number of hydrogen-bond acceptors (Lipinski definition) is 6. The first-order valence-corrected chi connectivity index (χ1v) is 9.27. The molecule has 0 fully saturated rings. The van der Waals surface area contributed by atoms with Crippen LogP contribution in [-0.4, -0.2) is 35.9 Å². The summed E-state index contributed by atoms with van der Waals surface area (Å²) in [4.78, 5) is 24.7. The quantitative estimate of drug-likeness (QED) is 0.576. The Hall–Kier alpha value is -3.52. The second-order valence-corrected chi connectivity index (χ2v) is 6.68. The standard InChI is InChI=1S/C21H20ClN3O5/c1-25-19(21(27)29-3)17(11-23-25)24-20(26)13-4-9-18(28-2)14(10-13)12-30-16-7-5-15(22)6-8-16/h4-11H,12H2,1-3H3,(H,24,26). The fraction of sp³-hybridized carbons (Fsp3) is 0.190. The lowest BCUT2D eigenvalue weighted by atomic mass is 10.1. The number of carbonyl (C=O) groups is 2. The van der Waals surface area contributed by atoms with Crippen LogP contribution in [0.15, 0.2) is 48.7 Å². The Morgan fingerprint density at radius 1 is 1.13 bits per heavy atom. The van der Waals surface area contributed by atoms with Crippen molar-refractivity contribution in [2.75, 3.05) is 19.5 Å². The van der Waals surface area contributed by atoms with E-state index >= 15 is 0 Å². The predicted octanol–water partition coefficient (Wildman–Crippen LogP) is 3.70. The van der Waals surface area contributed by atoms with E-state index in [4.69, 9.17) is 25.8 Å². The number of nitrogens with one attached hydrogen (secondary N) is 1. The van der Waals surface area contributed by atoms with Gasteiger partial charge in [-0.25, -0.2) is 4.79 Å². The number of rotatable bonds is 7. The second kappa shape index (κ2) is 9.32. The van der Waals surface area contributed by atoms with E-state index in [1.165, 1.54) is 18.0 Å². The average Bonchev–Trinajstić information content (AvgIpc) is 3.12. The molecule has 30 heavy (non-hydrogen) atoms. The Bertz CT molecular complexity index is 1060. The van der Waals surface area contributed by atoms with E-state index in [2.05, 4.69) is 10.4 Å². The van der Waals surface area contributed by atoms with Crippen LogP contribution in [0.4, 0.5) is 5.69 Å². The first-order valence-electron chi connectivity index (χ1n) is 8.90. The third kappa shape index (κ3) is 4.72. The molecule has 1 heterocycles. The normalized spacial score (nSPS) is 10.4. The maximum Gasteiger partial charge on any atom is 0.358 e. The molecule has 0 radical (unpaired) electrons. The Morgan fingerprint density at radius 3 is 2.53 bits per heavy atom. The van der Waals surface area contributed by atoms with E-state index in [0.717, 1.165) is 0 Å². The molecule has 0 spiro atoms. The lowest BCUT2D eigenvalue weighted by Crippen LogP contribution is -2.16. The zero-order valence-electron chi connectivity index (χ0n) is 16.6. The van der Waals surface area contributed by atoms with Gasteiger partial charge in [0.1, 0.15) is 18.1 Å². The molecular formula is C21H20ClN3O5. The fourth-order valence-electron chi connectivity index (χ4n) is 2.79. The van der Waals surface area contributed by atoms with Crippen molar-refractivity contribution in [3.8, 4) is 11.5 Å². The molecule has 1 amide bonds. The van der Waals surface area contributed by atoms with Crippen LogP contribution in [0.2, 0.25) is 5.02 Å². The lowest BCUT2D eigenvalue weighted by molar-refractivity contribution is 0.0589. The van der Waals surface area contributed by atoms with E-state index in [0.29, 0.717) is 27.6 Å². The van der Waals surface area contributed by atoms with Gasteiger partial charge in [-0.15, -0.1) is 0 Å². The minimum Gasteiger partial charge on any atom is -0.496 e. The van der Waals surface area contributed by atoms with Crippen LogP contribution in [0.25, 0.3) is 0 Å². The monoisotopic (exact) mass is 429 g/mol. The number of halogens is 1. The highest BCUT2D eigenvalue weighted by atomic mass is 35.5. The molecule has 0 unspecified atom stereocenters. The molecule has 2 aromatic carbocycles. The number of nitrogens with zero attached hydrogens (tertiary/aromatic N) is 2. The highest BCUT2D eigenvalue weighted by Gasteiger charge is 2.20. The van der Waals surface area contributed by atoms with Crippen molar-refractivity contribution in [1.82, 2.24) is 9.78 Å². The highest BCUT2D eigenvalue weighted by molar-refractivity contribution is 6.30. The van der Waals surface area contributed by atoms with Gasteiger partial charge in [0.05, 0.1) is 26.1 Å². The molecule has 0 aliphatic carbocycles. The summed E-state index contributed by atoms with van der Waals surface area (Å²) in [7, 11) is 4.39. The third-order valence-electron chi connectivity index (χ3n) is 4.32. The zero-order chi connectivity index (χ0) is 21.7. The summed E-state index contributed by atoms with van der Waals surface area (Å²) in [5, 5.41) is 7.30. The molecule has 0 saturated carbocycles. The number of aryl methyl sites for hydroxylation is 1. The van der Waals surface area contributed by atoms with Gasteiger partial charge in [-0.1, -0.05) is 11.6 Å². The first-order chi connectivity index (χ1) is 14.4. The van der Waals surface area contributed by atoms with E-state index in [1.807, 2.05) is 0 Å². The molecule has 1 N–H and O–H groups in total. The SMILES string of the molecule is COC(=O)c1c(NC(=O)c2ccc(OC)c(COc3ccc(Cl)cc3)c2)cnn1C. The Morgan fingerprint density at radius 2 is 1.87 bits per heavy atom. The average molecular weight is 430 g/mol. The topological polar surface area (TPSA) is 91.7 Å². The van der Waals surface area contributed by atoms with Gasteiger partial charge < -0.3 is 19.5 Å². The molecule has 0 aliphatic heterocycles. The largest absolute Gasteiger partial charge is 0.496 e. The molecule has 156 valence electrons. The summed E-state index contributed by atoms with van der Waals surface area (Å²) in [5.41, 5.74) is 1.44. The number of anilines is 1. The maximum absolute atomic E-state index is 12.8. The summed E-state index contributed by atoms with van der Waals surface area (Å²) >= 11 is 5.89. The summed E-state index contributed by atoms with van der Waals surface area (Å²) in [5.74, 6) is 0.201. The molecular weight excluding hydrogens is 410 g/mol. The second-order valence-electron chi connectivity index (χ2n) is 6.25. The van der Waals surface area contributed by atoms with Crippen LogP contribution in [0.3, 0.4) is 0 Å². The number of amides is 1. The molecule has 3 rings (SSSR count). The van der Waals surface area contributed by atoms with Crippen LogP contribution in [-0.2, 0) is 18.4 Å². The smallest absolute Gasteiger partial charge is 0.358 e. The van der Waals surface area contributed by atoms with E-state index in [1.54, 1.807) is 56.6 Å². The van der Waals surface area contributed by atoms with Gasteiger partial charge in [0.15, 0.2) is 5.69 Å². The first kappa shape index (κ1) is 21.2. The van der Waals surface area contributed by atoms with Crippen LogP contribution >= 0.6 is 11.6 Å². The van der Waals surface area contributed by atoms with Crippen molar-refractivity contribution >= 4 is 29.2 Å². The molecule has 0 saturated heterocycles. The number of aromatic nitrogens is 2. The lowest BCUT2D eigenvalue weighted by Gasteiger charge is -2.12. The van der Waals surface area contributed by atoms with Crippen molar-refractivity contribution < 1.29 is 23.8 Å². The van der Waals surface area contributed by atoms with Crippen molar-refractivity contribution in [2.24, 2.45) is 7.05 Å². The van der Waals surface area contributed by atoms with Gasteiger partial charge in [0.25, 0.3) is 5.91 Å². The molecule has 9 heteroatoms. The van der Waals surface area contributed by atoms with Crippen molar-refractivity contribution in [3.63, 3.8) is 0 Å². The molecule has 1 aromatic heterocycles. The van der Waals surface area contributed by atoms with Crippen molar-refractivity contribution in [3.05, 3.63) is 70.5 Å². The van der Waals surface area contributed by atoms with Gasteiger partial charge in [0.2, 0.25) is 0 Å². The maximum atomic E-state index is 12.8. The molecule has 0 atom stereocenters. The van der Waals surface area contributed by atoms with Gasteiger partial charge in [-0.05, 0) is 42.5 Å². The molecule has 0 aliphatic rings. The van der Waals surface area contributed by atoms with E-state index in [9.17, 15) is 9.59 Å². The number of esters is 1. The zero-order valence-corrected chi connectivity index (χ0v) is 17.4. The van der Waals surface area contributed by atoms with Crippen LogP contribution in [0.5, 0.6) is 11.5 Å². The van der Waals surface area contributed by atoms with Gasteiger partial charge >= 0.3 is 5.97 Å². The van der Waals surface area contributed by atoms with Crippen molar-refractivity contribution in [1.29, 1.82) is 0 Å². The minimum absolute atomic E-state index is 0.144. The van der Waals surface area contributed by atoms with Gasteiger partial charge in [0, 0.05) is 23.2 Å². The Kier molecular flexibility index (Phi) is 6.58. The Labute approximate surface area is 178 Å². The number of ether oxygens (including phenoxy) is 3. The summed E-state index contributed by atoms with van der Waals surface area (Å²) < 4.78 is 17.2. The molecule has 0 bridgehead atoms. The molecule has 3 aromatic rings. The minimum atomic E-state index is -0.600. The van der Waals surface area contributed by atoms with Gasteiger partial charge in [-0.2, -0.15) is 5.10 Å². The number of methoxy groups -OCH3 is 2. The number of benzene rings is 2. The van der Waals surface area contributed by atoms with E-state index < -0.39 is 11.9 Å². The highest BCUT2D eigenvalue weighted by Crippen LogP contribution is 2.24.